The number of nitrogens with zero attached hydrogens (tertiary/aromatic N) is 1. The molecule has 1 heterocycles. The van der Waals surface area contributed by atoms with Crippen LogP contribution in [0, 0.1) is 0 Å². The quantitative estimate of drug-likeness (QED) is 0.409. The van der Waals surface area contributed by atoms with Crippen molar-refractivity contribution in [3.05, 3.63) is 65.2 Å². The van der Waals surface area contributed by atoms with Gasteiger partial charge in [0.05, 0.1) is 16.8 Å². The van der Waals surface area contributed by atoms with Crippen LogP contribution in [0.3, 0.4) is 0 Å². The molecular weight excluding hydrogens is 372 g/mol. The number of fused-ring (bicyclic) bond motifs is 4. The maximum absolute atomic E-state index is 11.2. The molecule has 0 amide bonds. The van der Waals surface area contributed by atoms with Crippen molar-refractivity contribution < 1.29 is 9.90 Å². The lowest BCUT2D eigenvalue weighted by atomic mass is 9.63. The summed E-state index contributed by atoms with van der Waals surface area (Å²) in [6, 6.07) is 15.9. The largest absolute Gasteiger partial charge is 0.478 e. The molecule has 4 nitrogen and oxygen atoms in total. The summed E-state index contributed by atoms with van der Waals surface area (Å²) >= 11 is 0. The Kier molecular flexibility index (Phi) is 3.88. The van der Waals surface area contributed by atoms with E-state index in [2.05, 4.69) is 62.2 Å². The highest BCUT2D eigenvalue weighted by Crippen LogP contribution is 2.47. The van der Waals surface area contributed by atoms with Crippen molar-refractivity contribution in [3.63, 3.8) is 0 Å². The number of aromatic amines is 1. The van der Waals surface area contributed by atoms with E-state index in [4.69, 9.17) is 5.11 Å². The van der Waals surface area contributed by atoms with Crippen molar-refractivity contribution in [2.24, 2.45) is 0 Å². The molecule has 30 heavy (non-hydrogen) atoms. The normalized spacial score (nSPS) is 17.2. The minimum Gasteiger partial charge on any atom is -0.478 e. The Labute approximate surface area is 175 Å². The first kappa shape index (κ1) is 18.9. The number of rotatable bonds is 2. The number of H-pyrrole nitrogens is 1. The Balaban J connectivity index is 1.72. The molecule has 1 aromatic heterocycles. The molecule has 0 saturated carbocycles. The predicted octanol–water partition coefficient (Wildman–Crippen LogP) is 6.43. The molecule has 1 aliphatic carbocycles. The lowest BCUT2D eigenvalue weighted by Crippen LogP contribution is -2.33. The molecule has 0 atom stereocenters. The molecule has 152 valence electrons. The number of carboxylic acids is 1. The number of nitrogens with one attached hydrogen (secondary N) is 1. The Morgan fingerprint density at radius 1 is 0.900 bits per heavy atom. The summed E-state index contributed by atoms with van der Waals surface area (Å²) in [4.78, 5) is 11.2. The van der Waals surface area contributed by atoms with Gasteiger partial charge in [-0.3, -0.25) is 5.10 Å². The first-order valence-electron chi connectivity index (χ1n) is 10.5. The number of hydrogen-bond acceptors (Lipinski definition) is 2. The number of carbonyl (C=O) groups is 1. The van der Waals surface area contributed by atoms with Crippen LogP contribution >= 0.6 is 0 Å². The van der Waals surface area contributed by atoms with Crippen LogP contribution < -0.4 is 0 Å². The topological polar surface area (TPSA) is 66.0 Å². The van der Waals surface area contributed by atoms with Crippen LogP contribution in [0.4, 0.5) is 0 Å². The zero-order chi connectivity index (χ0) is 21.3. The van der Waals surface area contributed by atoms with E-state index in [1.807, 2.05) is 12.1 Å². The van der Waals surface area contributed by atoms with E-state index < -0.39 is 5.97 Å². The van der Waals surface area contributed by atoms with Gasteiger partial charge in [-0.15, -0.1) is 0 Å². The summed E-state index contributed by atoms with van der Waals surface area (Å²) < 4.78 is 0. The highest BCUT2D eigenvalue weighted by molar-refractivity contribution is 6.10. The lowest BCUT2D eigenvalue weighted by Gasteiger charge is -2.42. The van der Waals surface area contributed by atoms with Gasteiger partial charge in [-0.2, -0.15) is 5.10 Å². The molecule has 0 radical (unpaired) electrons. The van der Waals surface area contributed by atoms with Crippen molar-refractivity contribution in [2.75, 3.05) is 0 Å². The Bertz CT molecular complexity index is 1310. The second-order valence-corrected chi connectivity index (χ2v) is 9.83. The summed E-state index contributed by atoms with van der Waals surface area (Å²) in [5.74, 6) is -0.922. The molecule has 3 aromatic carbocycles. The second kappa shape index (κ2) is 6.18. The Morgan fingerprint density at radius 2 is 1.53 bits per heavy atom. The number of benzene rings is 3. The fourth-order valence-corrected chi connectivity index (χ4v) is 4.87. The van der Waals surface area contributed by atoms with Gasteiger partial charge in [-0.25, -0.2) is 4.79 Å². The van der Waals surface area contributed by atoms with Crippen LogP contribution in [0.25, 0.3) is 32.9 Å². The molecule has 0 fully saturated rings. The van der Waals surface area contributed by atoms with Crippen LogP contribution in [0.1, 0.15) is 62.0 Å². The maximum atomic E-state index is 11.2. The monoisotopic (exact) mass is 398 g/mol. The van der Waals surface area contributed by atoms with Crippen LogP contribution in [0.15, 0.2) is 48.5 Å². The number of aromatic nitrogens is 2. The molecular formula is C26H26N2O2. The van der Waals surface area contributed by atoms with E-state index in [1.54, 1.807) is 12.1 Å². The number of hydrogen-bond donors (Lipinski definition) is 2. The highest BCUT2D eigenvalue weighted by atomic mass is 16.4. The van der Waals surface area contributed by atoms with E-state index in [-0.39, 0.29) is 16.4 Å². The maximum Gasteiger partial charge on any atom is 0.335 e. The molecule has 0 spiro atoms. The molecule has 0 bridgehead atoms. The molecule has 5 rings (SSSR count). The zero-order valence-electron chi connectivity index (χ0n) is 17.8. The fourth-order valence-electron chi connectivity index (χ4n) is 4.87. The SMILES string of the molecule is CC1(C)CCC(C)(C)c2cc3c(ccc4c(-c5ccc(C(=O)O)cc5)n[nH]c43)cc21. The standard InChI is InChI=1S/C26H26N2O2/c1-25(2)11-12-26(3,4)21-14-19-17(13-20(21)25)9-10-18-22(27-28-23(18)19)15-5-7-16(8-6-15)24(29)30/h5-10,13-14H,11-12H2,1-4H3,(H,27,28)(H,29,30). The summed E-state index contributed by atoms with van der Waals surface area (Å²) in [5.41, 5.74) is 6.28. The second-order valence-electron chi connectivity index (χ2n) is 9.83. The average molecular weight is 399 g/mol. The Hall–Kier alpha value is -3.14. The van der Waals surface area contributed by atoms with Gasteiger partial charge in [-0.1, -0.05) is 52.0 Å². The molecule has 1 aliphatic rings. The molecule has 0 aliphatic heterocycles. The smallest absolute Gasteiger partial charge is 0.335 e. The fraction of sp³-hybridized carbons (Fsp3) is 0.308. The van der Waals surface area contributed by atoms with Crippen molar-refractivity contribution in [3.8, 4) is 11.3 Å². The number of carboxylic acid groups (broad SMARTS) is 1. The first-order valence-corrected chi connectivity index (χ1v) is 10.5. The zero-order valence-corrected chi connectivity index (χ0v) is 17.8. The molecule has 0 unspecified atom stereocenters. The van der Waals surface area contributed by atoms with Gasteiger partial charge >= 0.3 is 5.97 Å². The van der Waals surface area contributed by atoms with Gasteiger partial charge in [0.15, 0.2) is 0 Å². The van der Waals surface area contributed by atoms with Crippen LogP contribution in [0.2, 0.25) is 0 Å². The van der Waals surface area contributed by atoms with Gasteiger partial charge in [0.2, 0.25) is 0 Å². The van der Waals surface area contributed by atoms with Gasteiger partial charge in [-0.05, 0) is 64.5 Å². The van der Waals surface area contributed by atoms with E-state index in [0.29, 0.717) is 0 Å². The van der Waals surface area contributed by atoms with Crippen molar-refractivity contribution >= 4 is 27.6 Å². The summed E-state index contributed by atoms with van der Waals surface area (Å²) in [6.45, 7) is 9.38. The highest BCUT2D eigenvalue weighted by Gasteiger charge is 2.37. The molecule has 2 N–H and O–H groups in total. The average Bonchev–Trinajstić information content (AvgIpc) is 3.15. The predicted molar refractivity (Wildman–Crippen MR) is 121 cm³/mol. The third-order valence-electron chi connectivity index (χ3n) is 6.93. The van der Waals surface area contributed by atoms with Crippen LogP contribution in [-0.4, -0.2) is 21.3 Å². The summed E-state index contributed by atoms with van der Waals surface area (Å²) in [6.07, 6.45) is 2.37. The number of aromatic carboxylic acids is 1. The van der Waals surface area contributed by atoms with Gasteiger partial charge in [0, 0.05) is 16.3 Å². The van der Waals surface area contributed by atoms with Crippen LogP contribution in [-0.2, 0) is 10.8 Å². The lowest BCUT2D eigenvalue weighted by molar-refractivity contribution is 0.0697. The third kappa shape index (κ3) is 2.74. The van der Waals surface area contributed by atoms with Gasteiger partial charge < -0.3 is 5.11 Å². The van der Waals surface area contributed by atoms with E-state index in [1.165, 1.54) is 34.7 Å². The Morgan fingerprint density at radius 3 is 2.17 bits per heavy atom. The minimum absolute atomic E-state index is 0.150. The summed E-state index contributed by atoms with van der Waals surface area (Å²) in [5, 5.41) is 20.5. The molecule has 0 saturated heterocycles. The van der Waals surface area contributed by atoms with Gasteiger partial charge in [0.1, 0.15) is 0 Å². The molecule has 4 aromatic rings. The summed E-state index contributed by atoms with van der Waals surface area (Å²) in [7, 11) is 0. The van der Waals surface area contributed by atoms with Gasteiger partial charge in [0.25, 0.3) is 0 Å². The van der Waals surface area contributed by atoms with E-state index in [0.717, 1.165) is 22.2 Å². The van der Waals surface area contributed by atoms with Crippen LogP contribution in [0.5, 0.6) is 0 Å². The van der Waals surface area contributed by atoms with E-state index >= 15 is 0 Å². The van der Waals surface area contributed by atoms with Crippen molar-refractivity contribution in [1.82, 2.24) is 10.2 Å². The van der Waals surface area contributed by atoms with E-state index in [9.17, 15) is 4.79 Å². The van der Waals surface area contributed by atoms with Crippen molar-refractivity contribution in [2.45, 2.75) is 51.4 Å². The molecule has 4 heteroatoms. The minimum atomic E-state index is -0.922. The van der Waals surface area contributed by atoms with Crippen molar-refractivity contribution in [1.29, 1.82) is 0 Å². The first-order chi connectivity index (χ1) is 14.2. The third-order valence-corrected chi connectivity index (χ3v) is 6.93.